The fourth-order valence-corrected chi connectivity index (χ4v) is 11.0. The molecule has 4 fully saturated rings. The molecule has 2 unspecified atom stereocenters. The van der Waals surface area contributed by atoms with Gasteiger partial charge in [0, 0.05) is 31.7 Å². The van der Waals surface area contributed by atoms with E-state index in [2.05, 4.69) is 45.6 Å². The lowest BCUT2D eigenvalue weighted by Crippen LogP contribution is -2.52. The third-order valence-corrected chi connectivity index (χ3v) is 13.4. The number of allylic oxidation sites excluding steroid dienone is 2. The lowest BCUT2D eigenvalue weighted by Gasteiger charge is -2.49. The first kappa shape index (κ1) is 34.1. The van der Waals surface area contributed by atoms with E-state index in [1.807, 2.05) is 0 Å². The van der Waals surface area contributed by atoms with Crippen LogP contribution in [0.5, 0.6) is 0 Å². The minimum atomic E-state index is -0.129. The number of aliphatic hydroxyl groups is 1. The van der Waals surface area contributed by atoms with Gasteiger partial charge in [-0.05, 0) is 100 Å². The highest BCUT2D eigenvalue weighted by Crippen LogP contribution is 2.63. The zero-order valence-electron chi connectivity index (χ0n) is 29.4. The van der Waals surface area contributed by atoms with Gasteiger partial charge in [-0.1, -0.05) is 63.3 Å². The summed E-state index contributed by atoms with van der Waals surface area (Å²) in [6.07, 6.45) is 16.7. The highest BCUT2D eigenvalue weighted by molar-refractivity contribution is 5.34. The van der Waals surface area contributed by atoms with Crippen LogP contribution in [-0.2, 0) is 18.9 Å². The largest absolute Gasteiger partial charge is 0.393 e. The van der Waals surface area contributed by atoms with Gasteiger partial charge in [0.2, 0.25) is 0 Å². The minimum Gasteiger partial charge on any atom is -0.393 e. The lowest BCUT2D eigenvalue weighted by atomic mass is 9.56. The standard InChI is InChI=1S/C39H65NO5/c1-6-7-8-16-42-18-20-44-21-19-43-17-15-40-26-27(2)22-36-37(40)29(4)39(45-36)14-12-32-33-10-9-30-23-31(41)11-13-38(30,5)35(33)24-34(32)28(3)25-39/h9,27,29,31-33,35-37,41H,6-8,10-26H2,1-5H3/t27-,29+,31-,32-,33?,35-,36+,37-,38?,39-/m0/s1. The van der Waals surface area contributed by atoms with Crippen molar-refractivity contribution in [3.05, 3.63) is 22.8 Å². The fraction of sp³-hybridized carbons (Fsp3) is 0.897. The molecule has 6 rings (SSSR count). The van der Waals surface area contributed by atoms with Crippen LogP contribution in [0.25, 0.3) is 0 Å². The summed E-state index contributed by atoms with van der Waals surface area (Å²) < 4.78 is 24.7. The Bertz CT molecular complexity index is 1060. The van der Waals surface area contributed by atoms with Crippen molar-refractivity contribution >= 4 is 0 Å². The van der Waals surface area contributed by atoms with Gasteiger partial charge in [-0.2, -0.15) is 0 Å². The van der Waals surface area contributed by atoms with E-state index in [9.17, 15) is 5.11 Å². The van der Waals surface area contributed by atoms with Crippen molar-refractivity contribution in [1.82, 2.24) is 4.90 Å². The first-order chi connectivity index (χ1) is 21.8. The molecule has 0 aromatic carbocycles. The van der Waals surface area contributed by atoms with Crippen molar-refractivity contribution in [1.29, 1.82) is 0 Å². The van der Waals surface area contributed by atoms with E-state index in [1.54, 1.807) is 16.7 Å². The number of piperidine rings is 1. The van der Waals surface area contributed by atoms with Crippen LogP contribution in [0.2, 0.25) is 0 Å². The Balaban J connectivity index is 1.02. The quantitative estimate of drug-likeness (QED) is 0.170. The first-order valence-corrected chi connectivity index (χ1v) is 19.0. The smallest absolute Gasteiger partial charge is 0.0765 e. The van der Waals surface area contributed by atoms with Crippen LogP contribution in [0.1, 0.15) is 112 Å². The van der Waals surface area contributed by atoms with Gasteiger partial charge in [0.25, 0.3) is 0 Å². The van der Waals surface area contributed by atoms with Crippen molar-refractivity contribution in [2.75, 3.05) is 52.7 Å². The maximum atomic E-state index is 10.4. The minimum absolute atomic E-state index is 0.0314. The molecule has 4 aliphatic carbocycles. The highest BCUT2D eigenvalue weighted by Gasteiger charge is 2.59. The molecule has 6 aliphatic rings. The predicted molar refractivity (Wildman–Crippen MR) is 180 cm³/mol. The summed E-state index contributed by atoms with van der Waals surface area (Å²) in [5.74, 6) is 3.41. The van der Waals surface area contributed by atoms with Crippen LogP contribution < -0.4 is 0 Å². The Morgan fingerprint density at radius 2 is 1.73 bits per heavy atom. The van der Waals surface area contributed by atoms with Crippen molar-refractivity contribution in [3.8, 4) is 0 Å². The molecule has 2 heterocycles. The molecule has 0 aromatic rings. The van der Waals surface area contributed by atoms with Crippen LogP contribution in [0.3, 0.4) is 0 Å². The monoisotopic (exact) mass is 627 g/mol. The van der Waals surface area contributed by atoms with Gasteiger partial charge in [0.1, 0.15) is 0 Å². The molecule has 256 valence electrons. The summed E-state index contributed by atoms with van der Waals surface area (Å²) in [6, 6.07) is 0.488. The first-order valence-electron chi connectivity index (χ1n) is 19.0. The van der Waals surface area contributed by atoms with Gasteiger partial charge in [-0.15, -0.1) is 0 Å². The van der Waals surface area contributed by atoms with Gasteiger partial charge in [-0.25, -0.2) is 0 Å². The lowest BCUT2D eigenvalue weighted by molar-refractivity contribution is -0.0806. The molecular weight excluding hydrogens is 562 g/mol. The Hall–Kier alpha value is -0.760. The van der Waals surface area contributed by atoms with E-state index in [1.165, 1.54) is 44.9 Å². The van der Waals surface area contributed by atoms with Crippen molar-refractivity contribution in [2.24, 2.45) is 35.0 Å². The second-order valence-corrected chi connectivity index (χ2v) is 16.3. The Labute approximate surface area is 274 Å². The number of hydrogen-bond acceptors (Lipinski definition) is 6. The van der Waals surface area contributed by atoms with Gasteiger partial charge in [0.15, 0.2) is 0 Å². The molecule has 6 nitrogen and oxygen atoms in total. The van der Waals surface area contributed by atoms with Crippen molar-refractivity contribution < 1.29 is 24.1 Å². The molecule has 6 heteroatoms. The van der Waals surface area contributed by atoms with Gasteiger partial charge in [-0.3, -0.25) is 4.90 Å². The maximum Gasteiger partial charge on any atom is 0.0765 e. The summed E-state index contributed by atoms with van der Waals surface area (Å²) in [5, 5.41) is 10.4. The van der Waals surface area contributed by atoms with E-state index in [4.69, 9.17) is 18.9 Å². The van der Waals surface area contributed by atoms with Crippen LogP contribution in [0.15, 0.2) is 22.8 Å². The zero-order chi connectivity index (χ0) is 31.6. The van der Waals surface area contributed by atoms with E-state index in [0.717, 1.165) is 70.2 Å². The predicted octanol–water partition coefficient (Wildman–Crippen LogP) is 7.34. The fourth-order valence-electron chi connectivity index (χ4n) is 11.0. The van der Waals surface area contributed by atoms with E-state index >= 15 is 0 Å². The van der Waals surface area contributed by atoms with Crippen molar-refractivity contribution in [2.45, 2.75) is 136 Å². The molecule has 0 amide bonds. The number of rotatable bonds is 13. The van der Waals surface area contributed by atoms with E-state index in [0.29, 0.717) is 61.7 Å². The van der Waals surface area contributed by atoms with Crippen LogP contribution in [0, 0.1) is 35.0 Å². The Morgan fingerprint density at radius 1 is 0.978 bits per heavy atom. The summed E-state index contributed by atoms with van der Waals surface area (Å²) in [4.78, 5) is 2.72. The summed E-state index contributed by atoms with van der Waals surface area (Å²) in [7, 11) is 0. The molecule has 2 saturated carbocycles. The van der Waals surface area contributed by atoms with Gasteiger partial charge in [0.05, 0.1) is 50.8 Å². The number of aliphatic hydroxyl groups excluding tert-OH is 1. The molecule has 2 aliphatic heterocycles. The van der Waals surface area contributed by atoms with Gasteiger partial charge >= 0.3 is 0 Å². The average Bonchev–Trinajstić information content (AvgIpc) is 3.48. The second-order valence-electron chi connectivity index (χ2n) is 16.3. The molecule has 1 spiro atoms. The SMILES string of the molecule is CCCCCOCCOCCOCCN1C[C@@H](C)C[C@H]2O[C@]3(CC[C@@H]4C(=C(C)C3)C[C@H]3C4CC=C4C[C@@H](O)CCC43C)[C@H](C)[C@@H]21. The third kappa shape index (κ3) is 7.04. The molecule has 10 atom stereocenters. The number of ether oxygens (including phenoxy) is 4. The Morgan fingerprint density at radius 3 is 2.51 bits per heavy atom. The summed E-state index contributed by atoms with van der Waals surface area (Å²) in [5.41, 5.74) is 5.26. The molecule has 0 bridgehead atoms. The zero-order valence-corrected chi connectivity index (χ0v) is 29.4. The van der Waals surface area contributed by atoms with Crippen molar-refractivity contribution in [3.63, 3.8) is 0 Å². The normalized spacial score (nSPS) is 41.4. The summed E-state index contributed by atoms with van der Waals surface area (Å²) in [6.45, 7) is 18.5. The molecule has 0 radical (unpaired) electrons. The molecule has 2 saturated heterocycles. The van der Waals surface area contributed by atoms with Crippen LogP contribution in [-0.4, -0.2) is 86.6 Å². The number of likely N-dealkylation sites (tertiary alicyclic amines) is 1. The van der Waals surface area contributed by atoms with E-state index < -0.39 is 0 Å². The second kappa shape index (κ2) is 14.8. The van der Waals surface area contributed by atoms with E-state index in [-0.39, 0.29) is 11.7 Å². The Kier molecular flexibility index (Phi) is 11.2. The molecule has 45 heavy (non-hydrogen) atoms. The number of unbranched alkanes of at least 4 members (excludes halogenated alkanes) is 2. The highest BCUT2D eigenvalue weighted by atomic mass is 16.5. The number of fused-ring (bicyclic) bond motifs is 6. The summed E-state index contributed by atoms with van der Waals surface area (Å²) >= 11 is 0. The molecule has 0 aromatic heterocycles. The number of hydrogen-bond donors (Lipinski definition) is 1. The van der Waals surface area contributed by atoms with Crippen LogP contribution in [0.4, 0.5) is 0 Å². The van der Waals surface area contributed by atoms with Gasteiger partial charge < -0.3 is 24.1 Å². The number of nitrogens with zero attached hydrogens (tertiary/aromatic N) is 1. The molecule has 1 N–H and O–H groups in total. The average molecular weight is 628 g/mol. The van der Waals surface area contributed by atoms with Crippen LogP contribution >= 0.6 is 0 Å². The third-order valence-electron chi connectivity index (χ3n) is 13.4. The molecular formula is C39H65NO5. The maximum absolute atomic E-state index is 10.4. The topological polar surface area (TPSA) is 60.4 Å².